The third-order valence-electron chi connectivity index (χ3n) is 2.38. The molecular formula is C10H14N2O4S2. The lowest BCUT2D eigenvalue weighted by Crippen LogP contribution is -2.17. The normalized spacial score (nSPS) is 15.4. The van der Waals surface area contributed by atoms with Gasteiger partial charge in [0.05, 0.1) is 24.0 Å². The van der Waals surface area contributed by atoms with E-state index >= 15 is 0 Å². The molecule has 8 heteroatoms. The topological polar surface area (TPSA) is 85.4 Å². The number of ether oxygens (including phenoxy) is 1. The van der Waals surface area contributed by atoms with E-state index in [0.717, 1.165) is 0 Å². The Kier molecular flexibility index (Phi) is 3.86. The van der Waals surface area contributed by atoms with Crippen molar-refractivity contribution in [3.63, 3.8) is 0 Å². The van der Waals surface area contributed by atoms with Gasteiger partial charge in [0.25, 0.3) is 0 Å². The van der Waals surface area contributed by atoms with Crippen LogP contribution in [0.2, 0.25) is 0 Å². The van der Waals surface area contributed by atoms with Crippen LogP contribution in [0.4, 0.5) is 5.13 Å². The Labute approximate surface area is 109 Å². The van der Waals surface area contributed by atoms with E-state index in [0.29, 0.717) is 30.3 Å². The summed E-state index contributed by atoms with van der Waals surface area (Å²) >= 11 is 1.17. The Bertz CT molecular complexity index is 534. The molecule has 1 N–H and O–H groups in total. The van der Waals surface area contributed by atoms with E-state index in [1.807, 2.05) is 0 Å². The highest BCUT2D eigenvalue weighted by Crippen LogP contribution is 2.30. The Balaban J connectivity index is 1.95. The number of nitrogens with one attached hydrogen (secondary N) is 1. The molecule has 0 bridgehead atoms. The highest BCUT2D eigenvalue weighted by Gasteiger charge is 2.36. The lowest BCUT2D eigenvalue weighted by Gasteiger charge is -2.02. The maximum Gasteiger partial charge on any atom is 0.311 e. The van der Waals surface area contributed by atoms with Gasteiger partial charge in [0.15, 0.2) is 5.13 Å². The maximum atomic E-state index is 11.7. The van der Waals surface area contributed by atoms with Crippen molar-refractivity contribution in [2.75, 3.05) is 11.3 Å². The molecule has 1 aliphatic carbocycles. The zero-order chi connectivity index (χ0) is 13.2. The van der Waals surface area contributed by atoms with E-state index in [-0.39, 0.29) is 17.6 Å². The summed E-state index contributed by atoms with van der Waals surface area (Å²) in [5.74, 6) is -0.362. The average Bonchev–Trinajstić information content (AvgIpc) is 3.04. The van der Waals surface area contributed by atoms with Crippen LogP contribution in [-0.2, 0) is 26.0 Å². The highest BCUT2D eigenvalue weighted by atomic mass is 32.2. The summed E-state index contributed by atoms with van der Waals surface area (Å²) in [6.45, 7) is 2.05. The number of thiazole rings is 1. The lowest BCUT2D eigenvalue weighted by atomic mass is 10.3. The van der Waals surface area contributed by atoms with Gasteiger partial charge in [0.1, 0.15) is 0 Å². The number of hydrogen-bond acceptors (Lipinski definition) is 6. The third-order valence-corrected chi connectivity index (χ3v) is 5.14. The molecule has 0 aromatic carbocycles. The number of hydrogen-bond donors (Lipinski definition) is 1. The molecule has 1 aromatic rings. The number of esters is 1. The maximum absolute atomic E-state index is 11.7. The molecule has 0 amide bonds. The Morgan fingerprint density at radius 3 is 2.94 bits per heavy atom. The summed E-state index contributed by atoms with van der Waals surface area (Å²) < 4.78 is 30.5. The van der Waals surface area contributed by atoms with Gasteiger partial charge in [-0.25, -0.2) is 13.4 Å². The molecule has 0 radical (unpaired) electrons. The number of rotatable bonds is 6. The van der Waals surface area contributed by atoms with Gasteiger partial charge >= 0.3 is 5.97 Å². The molecule has 1 heterocycles. The second-order valence-electron chi connectivity index (χ2n) is 3.97. The van der Waals surface area contributed by atoms with Gasteiger partial charge in [0, 0.05) is 5.38 Å². The molecule has 1 aliphatic rings. The van der Waals surface area contributed by atoms with E-state index in [1.165, 1.54) is 11.3 Å². The summed E-state index contributed by atoms with van der Waals surface area (Å²) in [7, 11) is -3.28. The van der Waals surface area contributed by atoms with Gasteiger partial charge in [-0.15, -0.1) is 11.3 Å². The molecule has 1 saturated carbocycles. The van der Waals surface area contributed by atoms with Crippen molar-refractivity contribution in [3.8, 4) is 0 Å². The molecular weight excluding hydrogens is 276 g/mol. The van der Waals surface area contributed by atoms with Crippen molar-refractivity contribution in [3.05, 3.63) is 11.1 Å². The van der Waals surface area contributed by atoms with Crippen LogP contribution in [0.15, 0.2) is 5.38 Å². The first-order chi connectivity index (χ1) is 8.51. The van der Waals surface area contributed by atoms with Gasteiger partial charge in [-0.1, -0.05) is 0 Å². The predicted molar refractivity (Wildman–Crippen MR) is 68.0 cm³/mol. The largest absolute Gasteiger partial charge is 0.466 e. The van der Waals surface area contributed by atoms with E-state index in [2.05, 4.69) is 9.71 Å². The van der Waals surface area contributed by atoms with Crippen LogP contribution in [0.5, 0.6) is 0 Å². The smallest absolute Gasteiger partial charge is 0.311 e. The van der Waals surface area contributed by atoms with Crippen LogP contribution >= 0.6 is 11.3 Å². The summed E-state index contributed by atoms with van der Waals surface area (Å²) in [4.78, 5) is 15.3. The van der Waals surface area contributed by atoms with Crippen LogP contribution in [0, 0.1) is 0 Å². The number of carbonyl (C=O) groups excluding carboxylic acids is 1. The van der Waals surface area contributed by atoms with Crippen LogP contribution in [-0.4, -0.2) is 31.2 Å². The summed E-state index contributed by atoms with van der Waals surface area (Å²) in [5.41, 5.74) is 0.520. The van der Waals surface area contributed by atoms with Crippen molar-refractivity contribution in [1.29, 1.82) is 0 Å². The zero-order valence-corrected chi connectivity index (χ0v) is 11.5. The van der Waals surface area contributed by atoms with Gasteiger partial charge in [-0.05, 0) is 19.8 Å². The predicted octanol–water partition coefficient (Wildman–Crippen LogP) is 1.15. The third kappa shape index (κ3) is 3.42. The molecule has 0 atom stereocenters. The van der Waals surface area contributed by atoms with Crippen molar-refractivity contribution < 1.29 is 17.9 Å². The standard InChI is InChI=1S/C10H14N2O4S2/c1-2-16-9(13)5-7-6-17-10(11-7)12-18(14,15)8-3-4-8/h6,8H,2-5H2,1H3,(H,11,12). The fraction of sp³-hybridized carbons (Fsp3) is 0.600. The Morgan fingerprint density at radius 2 is 2.33 bits per heavy atom. The van der Waals surface area contributed by atoms with Crippen LogP contribution in [0.25, 0.3) is 0 Å². The van der Waals surface area contributed by atoms with Gasteiger partial charge in [-0.2, -0.15) is 0 Å². The number of sulfonamides is 1. The van der Waals surface area contributed by atoms with Crippen molar-refractivity contribution >= 4 is 32.5 Å². The molecule has 0 spiro atoms. The number of aromatic nitrogens is 1. The number of anilines is 1. The quantitative estimate of drug-likeness (QED) is 0.794. The lowest BCUT2D eigenvalue weighted by molar-refractivity contribution is -0.142. The first-order valence-electron chi connectivity index (χ1n) is 5.63. The summed E-state index contributed by atoms with van der Waals surface area (Å²) in [6, 6.07) is 0. The van der Waals surface area contributed by atoms with Crippen LogP contribution < -0.4 is 4.72 Å². The van der Waals surface area contributed by atoms with Gasteiger partial charge < -0.3 is 4.74 Å². The molecule has 1 fully saturated rings. The van der Waals surface area contributed by atoms with E-state index in [4.69, 9.17) is 4.74 Å². The molecule has 18 heavy (non-hydrogen) atoms. The minimum absolute atomic E-state index is 0.0650. The van der Waals surface area contributed by atoms with Crippen molar-refractivity contribution in [2.24, 2.45) is 0 Å². The second kappa shape index (κ2) is 5.23. The molecule has 0 unspecified atom stereocenters. The Morgan fingerprint density at radius 1 is 1.61 bits per heavy atom. The average molecular weight is 290 g/mol. The van der Waals surface area contributed by atoms with Crippen molar-refractivity contribution in [1.82, 2.24) is 4.98 Å². The first-order valence-corrected chi connectivity index (χ1v) is 8.05. The van der Waals surface area contributed by atoms with Gasteiger partial charge in [-0.3, -0.25) is 9.52 Å². The second-order valence-corrected chi connectivity index (χ2v) is 6.79. The van der Waals surface area contributed by atoms with Crippen LogP contribution in [0.3, 0.4) is 0 Å². The minimum Gasteiger partial charge on any atom is -0.466 e. The number of carbonyl (C=O) groups is 1. The van der Waals surface area contributed by atoms with Gasteiger partial charge in [0.2, 0.25) is 10.0 Å². The fourth-order valence-electron chi connectivity index (χ4n) is 1.38. The highest BCUT2D eigenvalue weighted by molar-refractivity contribution is 7.93. The van der Waals surface area contributed by atoms with Crippen molar-refractivity contribution in [2.45, 2.75) is 31.4 Å². The molecule has 100 valence electrons. The summed E-state index contributed by atoms with van der Waals surface area (Å²) in [6.07, 6.45) is 1.47. The fourth-order valence-corrected chi connectivity index (χ4v) is 3.69. The monoisotopic (exact) mass is 290 g/mol. The van der Waals surface area contributed by atoms with E-state index < -0.39 is 10.0 Å². The van der Waals surface area contributed by atoms with E-state index in [9.17, 15) is 13.2 Å². The number of nitrogens with zero attached hydrogens (tertiary/aromatic N) is 1. The zero-order valence-electron chi connectivity index (χ0n) is 9.88. The molecule has 0 saturated heterocycles. The summed E-state index contributed by atoms with van der Waals surface area (Å²) in [5, 5.41) is 1.68. The molecule has 6 nitrogen and oxygen atoms in total. The molecule has 1 aromatic heterocycles. The first kappa shape index (κ1) is 13.3. The van der Waals surface area contributed by atoms with Crippen LogP contribution in [0.1, 0.15) is 25.5 Å². The Hall–Kier alpha value is -1.15. The minimum atomic E-state index is -3.28. The molecule has 2 rings (SSSR count). The SMILES string of the molecule is CCOC(=O)Cc1csc(NS(=O)(=O)C2CC2)n1. The van der Waals surface area contributed by atoms with E-state index in [1.54, 1.807) is 12.3 Å². The molecule has 0 aliphatic heterocycles.